The number of unbranched alkanes of at least 4 members (excludes halogenated alkanes) is 46. The van der Waals surface area contributed by atoms with Crippen molar-refractivity contribution in [2.45, 2.75) is 353 Å². The zero-order valence-electron chi connectivity index (χ0n) is 44.9. The predicted molar refractivity (Wildman–Crippen MR) is 292 cm³/mol. The number of amides is 1. The Kier molecular flexibility index (Phi) is 55.4. The fourth-order valence-corrected chi connectivity index (χ4v) is 9.62. The molecule has 0 aliphatic carbocycles. The average Bonchev–Trinajstić information content (AvgIpc) is 3.32. The first-order valence-electron chi connectivity index (χ1n) is 30.2. The van der Waals surface area contributed by atoms with E-state index in [-0.39, 0.29) is 6.61 Å². The van der Waals surface area contributed by atoms with E-state index in [1.807, 2.05) is 6.08 Å². The lowest BCUT2D eigenvalue weighted by Crippen LogP contribution is -2.48. The smallest absolute Gasteiger partial charge is 0.249 e. The minimum Gasteiger partial charge on any atom is -0.394 e. The lowest BCUT2D eigenvalue weighted by atomic mass is 10.0. The molecule has 0 fully saturated rings. The van der Waals surface area contributed by atoms with Gasteiger partial charge < -0.3 is 20.6 Å². The third-order valence-corrected chi connectivity index (χ3v) is 14.3. The third-order valence-electron chi connectivity index (χ3n) is 14.3. The van der Waals surface area contributed by atoms with Gasteiger partial charge in [-0.15, -0.1) is 0 Å². The molecule has 0 bridgehead atoms. The van der Waals surface area contributed by atoms with Gasteiger partial charge in [-0.05, 0) is 32.1 Å². The monoisotopic (exact) mass is 930 g/mol. The molecule has 0 aromatic heterocycles. The van der Waals surface area contributed by atoms with Crippen LogP contribution in [0.4, 0.5) is 0 Å². The number of aliphatic hydroxyl groups is 3. The van der Waals surface area contributed by atoms with Crippen LogP contribution in [-0.2, 0) is 4.79 Å². The Morgan fingerprint density at radius 3 is 0.924 bits per heavy atom. The topological polar surface area (TPSA) is 89.8 Å². The Hall–Kier alpha value is -1.17. The number of carbonyl (C=O) groups excluding carboxylic acids is 1. The Bertz CT molecular complexity index is 982. The fraction of sp³-hybridized carbons (Fsp3) is 0.918. The van der Waals surface area contributed by atoms with Gasteiger partial charge >= 0.3 is 0 Å². The van der Waals surface area contributed by atoms with Crippen molar-refractivity contribution in [3.8, 4) is 0 Å². The van der Waals surface area contributed by atoms with Crippen molar-refractivity contribution < 1.29 is 20.1 Å². The summed E-state index contributed by atoms with van der Waals surface area (Å²) in [5.74, 6) is -0.506. The van der Waals surface area contributed by atoms with Crippen LogP contribution in [0, 0.1) is 0 Å². The Balaban J connectivity index is 3.54. The summed E-state index contributed by atoms with van der Waals surface area (Å²) in [5.41, 5.74) is 0. The van der Waals surface area contributed by atoms with E-state index in [2.05, 4.69) is 31.3 Å². The molecule has 0 aromatic rings. The molecule has 4 N–H and O–H groups in total. The van der Waals surface area contributed by atoms with E-state index in [9.17, 15) is 20.1 Å². The number of carbonyl (C=O) groups is 1. The van der Waals surface area contributed by atoms with E-state index < -0.39 is 24.2 Å². The van der Waals surface area contributed by atoms with E-state index in [4.69, 9.17) is 0 Å². The molecular weight excluding hydrogens is 811 g/mol. The van der Waals surface area contributed by atoms with Crippen LogP contribution in [-0.4, -0.2) is 46.1 Å². The van der Waals surface area contributed by atoms with Crippen LogP contribution in [0.25, 0.3) is 0 Å². The minimum atomic E-state index is -1.10. The van der Waals surface area contributed by atoms with Crippen molar-refractivity contribution in [2.75, 3.05) is 6.61 Å². The second-order valence-electron chi connectivity index (χ2n) is 20.9. The van der Waals surface area contributed by atoms with Gasteiger partial charge in [0.05, 0.1) is 18.8 Å². The van der Waals surface area contributed by atoms with Crippen LogP contribution in [0.2, 0.25) is 0 Å². The molecule has 392 valence electrons. The Morgan fingerprint density at radius 2 is 0.621 bits per heavy atom. The van der Waals surface area contributed by atoms with E-state index in [1.165, 1.54) is 276 Å². The van der Waals surface area contributed by atoms with Gasteiger partial charge in [0, 0.05) is 0 Å². The first-order chi connectivity index (χ1) is 32.6. The van der Waals surface area contributed by atoms with E-state index in [1.54, 1.807) is 6.08 Å². The highest BCUT2D eigenvalue weighted by Crippen LogP contribution is 2.18. The lowest BCUT2D eigenvalue weighted by molar-refractivity contribution is -0.131. The van der Waals surface area contributed by atoms with Gasteiger partial charge in [0.1, 0.15) is 6.10 Å². The summed E-state index contributed by atoms with van der Waals surface area (Å²) < 4.78 is 0. The molecule has 3 unspecified atom stereocenters. The standard InChI is InChI=1S/C61H119NO4/c1-3-5-7-9-11-13-15-17-19-21-23-25-27-28-29-30-31-32-33-34-36-38-40-42-44-46-48-50-52-54-56-60(65)61(66)62-58(57-63)59(64)55-53-51-49-47-45-43-41-39-37-35-26-24-22-20-18-16-14-12-10-8-6-4-2/h45,47,53,55,58-60,63-65H,3-44,46,48-52,54,56-57H2,1-2H3,(H,62,66)/b47-45+,55-53+. The molecular formula is C61H119NO4. The van der Waals surface area contributed by atoms with Gasteiger partial charge in [-0.1, -0.05) is 327 Å². The highest BCUT2D eigenvalue weighted by Gasteiger charge is 2.22. The first kappa shape index (κ1) is 64.8. The highest BCUT2D eigenvalue weighted by molar-refractivity contribution is 5.80. The van der Waals surface area contributed by atoms with Crippen LogP contribution < -0.4 is 5.32 Å². The quantitative estimate of drug-likeness (QED) is 0.0361. The maximum Gasteiger partial charge on any atom is 0.249 e. The van der Waals surface area contributed by atoms with Crippen molar-refractivity contribution in [2.24, 2.45) is 0 Å². The van der Waals surface area contributed by atoms with E-state index in [0.29, 0.717) is 6.42 Å². The van der Waals surface area contributed by atoms with Crippen LogP contribution in [0.3, 0.4) is 0 Å². The van der Waals surface area contributed by atoms with Gasteiger partial charge in [-0.2, -0.15) is 0 Å². The van der Waals surface area contributed by atoms with Gasteiger partial charge in [-0.25, -0.2) is 0 Å². The third kappa shape index (κ3) is 50.7. The maximum absolute atomic E-state index is 12.6. The van der Waals surface area contributed by atoms with Crippen molar-refractivity contribution in [1.29, 1.82) is 0 Å². The summed E-state index contributed by atoms with van der Waals surface area (Å²) >= 11 is 0. The SMILES string of the molecule is CCCCCCCCCCCCCCCCCC/C=C/CC/C=C/C(O)C(CO)NC(=O)C(O)CCCCCCCCCCCCCCCCCCCCCCCCCCCCCCCC. The maximum atomic E-state index is 12.6. The molecule has 0 saturated heterocycles. The molecule has 0 spiro atoms. The Labute approximate surface area is 413 Å². The van der Waals surface area contributed by atoms with Crippen LogP contribution in [0.1, 0.15) is 335 Å². The van der Waals surface area contributed by atoms with Crippen LogP contribution in [0.15, 0.2) is 24.3 Å². The van der Waals surface area contributed by atoms with Crippen molar-refractivity contribution >= 4 is 5.91 Å². The summed E-state index contributed by atoms with van der Waals surface area (Å²) in [6.45, 7) is 4.22. The molecule has 5 heteroatoms. The highest BCUT2D eigenvalue weighted by atomic mass is 16.3. The van der Waals surface area contributed by atoms with Gasteiger partial charge in [-0.3, -0.25) is 4.79 Å². The summed E-state index contributed by atoms with van der Waals surface area (Å²) in [5, 5.41) is 33.4. The Morgan fingerprint density at radius 1 is 0.364 bits per heavy atom. The number of nitrogens with one attached hydrogen (secondary N) is 1. The van der Waals surface area contributed by atoms with Crippen molar-refractivity contribution in [3.63, 3.8) is 0 Å². The molecule has 0 saturated carbocycles. The number of hydrogen-bond donors (Lipinski definition) is 4. The largest absolute Gasteiger partial charge is 0.394 e. The lowest BCUT2D eigenvalue weighted by Gasteiger charge is -2.21. The zero-order valence-corrected chi connectivity index (χ0v) is 44.9. The van der Waals surface area contributed by atoms with Crippen LogP contribution in [0.5, 0.6) is 0 Å². The summed E-state index contributed by atoms with van der Waals surface area (Å²) in [7, 11) is 0. The number of allylic oxidation sites excluding steroid dienone is 3. The summed E-state index contributed by atoms with van der Waals surface area (Å²) in [4.78, 5) is 12.6. The van der Waals surface area contributed by atoms with Crippen LogP contribution >= 0.6 is 0 Å². The van der Waals surface area contributed by atoms with Gasteiger partial charge in [0.25, 0.3) is 0 Å². The van der Waals surface area contributed by atoms with Crippen molar-refractivity contribution in [1.82, 2.24) is 5.32 Å². The molecule has 0 rings (SSSR count). The summed E-state index contributed by atoms with van der Waals surface area (Å²) in [6, 6.07) is -0.813. The second kappa shape index (κ2) is 56.4. The molecule has 0 heterocycles. The van der Waals surface area contributed by atoms with E-state index >= 15 is 0 Å². The first-order valence-corrected chi connectivity index (χ1v) is 30.2. The molecule has 0 aromatic carbocycles. The number of rotatable bonds is 56. The molecule has 0 aliphatic heterocycles. The second-order valence-corrected chi connectivity index (χ2v) is 20.9. The summed E-state index contributed by atoms with van der Waals surface area (Å²) in [6.07, 6.45) is 72.8. The normalized spacial score (nSPS) is 13.3. The number of aliphatic hydroxyl groups excluding tert-OH is 3. The van der Waals surface area contributed by atoms with Gasteiger partial charge in [0.15, 0.2) is 0 Å². The molecule has 1 amide bonds. The minimum absolute atomic E-state index is 0.372. The molecule has 0 aliphatic rings. The van der Waals surface area contributed by atoms with Crippen molar-refractivity contribution in [3.05, 3.63) is 24.3 Å². The van der Waals surface area contributed by atoms with Gasteiger partial charge in [0.2, 0.25) is 5.91 Å². The zero-order chi connectivity index (χ0) is 47.9. The molecule has 66 heavy (non-hydrogen) atoms. The molecule has 5 nitrogen and oxygen atoms in total. The molecule has 0 radical (unpaired) electrons. The fourth-order valence-electron chi connectivity index (χ4n) is 9.62. The van der Waals surface area contributed by atoms with E-state index in [0.717, 1.165) is 38.5 Å². The molecule has 3 atom stereocenters. The predicted octanol–water partition coefficient (Wildman–Crippen LogP) is 18.8. The average molecular weight is 931 g/mol. The number of hydrogen-bond acceptors (Lipinski definition) is 4.